The highest BCUT2D eigenvalue weighted by Crippen LogP contribution is 2.52. The molecule has 4 atom stereocenters. The molecule has 170 valence electrons. The van der Waals surface area contributed by atoms with Crippen LogP contribution in [0.4, 0.5) is 0 Å². The second kappa shape index (κ2) is 8.41. The van der Waals surface area contributed by atoms with E-state index in [4.69, 9.17) is 19.3 Å². The van der Waals surface area contributed by atoms with Crippen molar-refractivity contribution in [2.75, 3.05) is 19.7 Å². The fourth-order valence-electron chi connectivity index (χ4n) is 5.63. The van der Waals surface area contributed by atoms with Crippen LogP contribution in [0.5, 0.6) is 11.5 Å². The molecule has 0 radical (unpaired) electrons. The quantitative estimate of drug-likeness (QED) is 0.753. The van der Waals surface area contributed by atoms with Crippen molar-refractivity contribution in [1.82, 2.24) is 4.90 Å². The minimum atomic E-state index is -0.964. The number of rotatable bonds is 5. The number of carboxylic acid groups (broad SMARTS) is 1. The van der Waals surface area contributed by atoms with Crippen molar-refractivity contribution in [2.24, 2.45) is 11.8 Å². The van der Waals surface area contributed by atoms with Gasteiger partial charge in [0.15, 0.2) is 6.61 Å². The third-order valence-electron chi connectivity index (χ3n) is 7.20. The molecule has 2 aromatic carbocycles. The summed E-state index contributed by atoms with van der Waals surface area (Å²) in [5, 5.41) is 8.96. The molecule has 6 heteroatoms. The molecule has 0 unspecified atom stereocenters. The molecule has 3 aliphatic heterocycles. The number of para-hydroxylation sites is 2. The fourth-order valence-corrected chi connectivity index (χ4v) is 5.63. The maximum absolute atomic E-state index is 10.9. The molecule has 2 fully saturated rings. The number of hydrogen-bond acceptors (Lipinski definition) is 5. The van der Waals surface area contributed by atoms with E-state index in [1.165, 1.54) is 5.56 Å². The van der Waals surface area contributed by atoms with Crippen molar-refractivity contribution >= 4 is 5.97 Å². The van der Waals surface area contributed by atoms with E-state index in [1.807, 2.05) is 30.3 Å². The predicted molar refractivity (Wildman–Crippen MR) is 120 cm³/mol. The third-order valence-corrected chi connectivity index (χ3v) is 7.20. The highest BCUT2D eigenvalue weighted by molar-refractivity contribution is 5.68. The molecule has 5 rings (SSSR count). The molecule has 0 aliphatic carbocycles. The van der Waals surface area contributed by atoms with Crippen molar-refractivity contribution in [1.29, 1.82) is 0 Å². The molecular weight excluding hydrogens is 406 g/mol. The molecule has 0 saturated carbocycles. The number of carboxylic acids is 1. The van der Waals surface area contributed by atoms with E-state index >= 15 is 0 Å². The average Bonchev–Trinajstić information content (AvgIpc) is 2.77. The first-order chi connectivity index (χ1) is 15.4. The van der Waals surface area contributed by atoms with Crippen molar-refractivity contribution in [3.8, 4) is 11.5 Å². The van der Waals surface area contributed by atoms with E-state index in [0.717, 1.165) is 43.8 Å². The maximum atomic E-state index is 10.9. The summed E-state index contributed by atoms with van der Waals surface area (Å²) in [4.78, 5) is 13.4. The summed E-state index contributed by atoms with van der Waals surface area (Å²) in [5.74, 6) is 1.39. The first-order valence-corrected chi connectivity index (χ1v) is 11.5. The van der Waals surface area contributed by atoms with Gasteiger partial charge in [0.2, 0.25) is 0 Å². The van der Waals surface area contributed by atoms with Crippen LogP contribution in [-0.4, -0.2) is 47.4 Å². The van der Waals surface area contributed by atoms with Gasteiger partial charge < -0.3 is 19.3 Å². The zero-order chi connectivity index (χ0) is 22.3. The number of nitrogens with zero attached hydrogens (tertiary/aromatic N) is 1. The summed E-state index contributed by atoms with van der Waals surface area (Å²) < 4.78 is 18.7. The van der Waals surface area contributed by atoms with Gasteiger partial charge in [-0.05, 0) is 44.7 Å². The van der Waals surface area contributed by atoms with E-state index in [1.54, 1.807) is 0 Å². The molecule has 6 nitrogen and oxygen atoms in total. The molecule has 0 aromatic heterocycles. The Morgan fingerprint density at radius 2 is 1.97 bits per heavy atom. The van der Waals surface area contributed by atoms with Gasteiger partial charge in [-0.15, -0.1) is 0 Å². The number of benzene rings is 2. The Morgan fingerprint density at radius 1 is 1.19 bits per heavy atom. The highest BCUT2D eigenvalue weighted by atomic mass is 16.5. The Labute approximate surface area is 189 Å². The molecule has 3 heterocycles. The summed E-state index contributed by atoms with van der Waals surface area (Å²) >= 11 is 0. The van der Waals surface area contributed by atoms with Gasteiger partial charge in [-0.25, -0.2) is 4.79 Å². The maximum Gasteiger partial charge on any atom is 0.341 e. The SMILES string of the molecule is CC1(C)Oc2ccccc2[C@@H]2O[C@@H]3CCN(Cc4ccccc4OCC(=O)O)C[C@H]3C[C@H]21. The van der Waals surface area contributed by atoms with Crippen LogP contribution in [0.3, 0.4) is 0 Å². The lowest BCUT2D eigenvalue weighted by molar-refractivity contribution is -0.187. The minimum absolute atomic E-state index is 0.0906. The van der Waals surface area contributed by atoms with Gasteiger partial charge in [0.25, 0.3) is 0 Å². The lowest BCUT2D eigenvalue weighted by Gasteiger charge is -2.53. The number of carbonyl (C=O) groups is 1. The van der Waals surface area contributed by atoms with Crippen molar-refractivity contribution < 1.29 is 24.1 Å². The normalized spacial score (nSPS) is 28.6. The average molecular weight is 438 g/mol. The van der Waals surface area contributed by atoms with Gasteiger partial charge in [-0.2, -0.15) is 0 Å². The van der Waals surface area contributed by atoms with Gasteiger partial charge in [-0.3, -0.25) is 4.90 Å². The van der Waals surface area contributed by atoms with Gasteiger partial charge in [0.05, 0.1) is 12.2 Å². The van der Waals surface area contributed by atoms with Crippen LogP contribution in [0, 0.1) is 11.8 Å². The zero-order valence-electron chi connectivity index (χ0n) is 18.7. The fraction of sp³-hybridized carbons (Fsp3) is 0.500. The third kappa shape index (κ3) is 4.09. The lowest BCUT2D eigenvalue weighted by atomic mass is 9.70. The molecule has 3 aliphatic rings. The second-order valence-corrected chi connectivity index (χ2v) is 9.75. The predicted octanol–water partition coefficient (Wildman–Crippen LogP) is 4.29. The van der Waals surface area contributed by atoms with Crippen LogP contribution in [0.2, 0.25) is 0 Å². The number of fused-ring (bicyclic) bond motifs is 4. The van der Waals surface area contributed by atoms with Gasteiger partial charge in [0.1, 0.15) is 17.1 Å². The molecule has 2 aromatic rings. The Kier molecular flexibility index (Phi) is 5.59. The van der Waals surface area contributed by atoms with E-state index in [-0.39, 0.29) is 24.4 Å². The van der Waals surface area contributed by atoms with Crippen LogP contribution >= 0.6 is 0 Å². The van der Waals surface area contributed by atoms with Gasteiger partial charge in [-0.1, -0.05) is 36.4 Å². The second-order valence-electron chi connectivity index (χ2n) is 9.75. The molecule has 32 heavy (non-hydrogen) atoms. The van der Waals surface area contributed by atoms with E-state index in [2.05, 4.69) is 36.9 Å². The number of piperidine rings is 1. The summed E-state index contributed by atoms with van der Waals surface area (Å²) in [6.07, 6.45) is 2.42. The molecule has 0 bridgehead atoms. The summed E-state index contributed by atoms with van der Waals surface area (Å²) in [5.41, 5.74) is 1.93. The van der Waals surface area contributed by atoms with Crippen LogP contribution in [0.25, 0.3) is 0 Å². The molecule has 2 saturated heterocycles. The monoisotopic (exact) mass is 437 g/mol. The molecule has 0 amide bonds. The lowest BCUT2D eigenvalue weighted by Crippen LogP contribution is -2.55. The molecule has 1 N–H and O–H groups in total. The number of aliphatic carboxylic acids is 1. The zero-order valence-corrected chi connectivity index (χ0v) is 18.7. The molecular formula is C26H31NO5. The number of ether oxygens (including phenoxy) is 3. The standard InChI is InChI=1S/C26H31NO5/c1-26(2)20-13-18-15-27(14-17-7-3-5-9-21(17)30-16-24(28)29)12-11-22(18)31-25(20)19-8-4-6-10-23(19)32-26/h3-10,18,20,22,25H,11-16H2,1-2H3,(H,28,29)/t18-,20-,22-,25+/m1/s1. The summed E-state index contributed by atoms with van der Waals surface area (Å²) in [6, 6.07) is 16.0. The highest BCUT2D eigenvalue weighted by Gasteiger charge is 2.51. The molecule has 0 spiro atoms. The largest absolute Gasteiger partial charge is 0.487 e. The van der Waals surface area contributed by atoms with Gasteiger partial charge in [0, 0.05) is 36.7 Å². The van der Waals surface area contributed by atoms with Crippen molar-refractivity contribution in [2.45, 2.75) is 51.0 Å². The first kappa shape index (κ1) is 21.3. The Balaban J connectivity index is 1.30. The smallest absolute Gasteiger partial charge is 0.341 e. The van der Waals surface area contributed by atoms with E-state index in [0.29, 0.717) is 17.6 Å². The van der Waals surface area contributed by atoms with Crippen LogP contribution in [-0.2, 0) is 16.1 Å². The Bertz CT molecular complexity index is 990. The number of hydrogen-bond donors (Lipinski definition) is 1. The Morgan fingerprint density at radius 3 is 2.81 bits per heavy atom. The summed E-state index contributed by atoms with van der Waals surface area (Å²) in [7, 11) is 0. The van der Waals surface area contributed by atoms with E-state index < -0.39 is 5.97 Å². The van der Waals surface area contributed by atoms with Gasteiger partial charge >= 0.3 is 5.97 Å². The van der Waals surface area contributed by atoms with Crippen LogP contribution < -0.4 is 9.47 Å². The first-order valence-electron chi connectivity index (χ1n) is 11.5. The van der Waals surface area contributed by atoms with Crippen molar-refractivity contribution in [3.05, 3.63) is 59.7 Å². The summed E-state index contributed by atoms with van der Waals surface area (Å²) in [6.45, 7) is 6.69. The Hall–Kier alpha value is -2.57. The van der Waals surface area contributed by atoms with Crippen LogP contribution in [0.1, 0.15) is 43.9 Å². The van der Waals surface area contributed by atoms with Crippen molar-refractivity contribution in [3.63, 3.8) is 0 Å². The van der Waals surface area contributed by atoms with E-state index in [9.17, 15) is 4.79 Å². The number of likely N-dealkylation sites (tertiary alicyclic amines) is 1. The minimum Gasteiger partial charge on any atom is -0.487 e. The topological polar surface area (TPSA) is 68.2 Å². The van der Waals surface area contributed by atoms with Crippen LogP contribution in [0.15, 0.2) is 48.5 Å².